The average Bonchev–Trinajstić information content (AvgIpc) is 3.03. The number of sulfonamides is 1. The quantitative estimate of drug-likeness (QED) is 0.134. The first-order valence-electron chi connectivity index (χ1n) is 14.0. The number of anilines is 1. The summed E-state index contributed by atoms with van der Waals surface area (Å²) in [4.78, 5) is 13.0. The molecule has 0 saturated heterocycles. The number of carbonyl (C=O) groups excluding carboxylic acids is 1. The van der Waals surface area contributed by atoms with Gasteiger partial charge in [-0.1, -0.05) is 86.6 Å². The molecule has 8 heteroatoms. The predicted octanol–water partition coefficient (Wildman–Crippen LogP) is 6.89. The van der Waals surface area contributed by atoms with Crippen LogP contribution in [0.4, 0.5) is 5.69 Å². The second-order valence-electron chi connectivity index (χ2n) is 10.4. The molecule has 43 heavy (non-hydrogen) atoms. The number of ether oxygens (including phenoxy) is 1. The van der Waals surface area contributed by atoms with Crippen LogP contribution >= 0.6 is 0 Å². The molecule has 0 bridgehead atoms. The van der Waals surface area contributed by atoms with E-state index in [2.05, 4.69) is 48.6 Å². The van der Waals surface area contributed by atoms with Gasteiger partial charge in [-0.25, -0.2) is 13.8 Å². The molecule has 5 aromatic carbocycles. The van der Waals surface area contributed by atoms with Crippen LogP contribution in [0.3, 0.4) is 0 Å². The fourth-order valence-electron chi connectivity index (χ4n) is 4.63. The molecule has 0 aliphatic carbocycles. The van der Waals surface area contributed by atoms with Crippen LogP contribution in [0.2, 0.25) is 0 Å². The van der Waals surface area contributed by atoms with Gasteiger partial charge in [-0.2, -0.15) is 5.10 Å². The van der Waals surface area contributed by atoms with Crippen LogP contribution in [0.5, 0.6) is 5.75 Å². The summed E-state index contributed by atoms with van der Waals surface area (Å²) >= 11 is 0. The minimum Gasteiger partial charge on any atom is -0.489 e. The number of hydrogen-bond acceptors (Lipinski definition) is 5. The molecular weight excluding hydrogens is 558 g/mol. The molecule has 7 nitrogen and oxygen atoms in total. The van der Waals surface area contributed by atoms with Gasteiger partial charge in [0.05, 0.1) is 16.8 Å². The first-order valence-corrected chi connectivity index (χ1v) is 15.4. The highest BCUT2D eigenvalue weighted by Gasteiger charge is 2.27. The summed E-state index contributed by atoms with van der Waals surface area (Å²) < 4.78 is 34.1. The third-order valence-electron chi connectivity index (χ3n) is 7.02. The van der Waals surface area contributed by atoms with Crippen molar-refractivity contribution in [1.82, 2.24) is 5.43 Å². The third-order valence-corrected chi connectivity index (χ3v) is 8.81. The number of hydrogen-bond donors (Lipinski definition) is 1. The molecule has 218 valence electrons. The number of carbonyl (C=O) groups is 1. The van der Waals surface area contributed by atoms with Gasteiger partial charge in [-0.15, -0.1) is 0 Å². The van der Waals surface area contributed by atoms with Crippen molar-refractivity contribution in [3.05, 3.63) is 138 Å². The molecule has 0 aromatic heterocycles. The lowest BCUT2D eigenvalue weighted by Crippen LogP contribution is -2.39. The van der Waals surface area contributed by atoms with Gasteiger partial charge in [0, 0.05) is 0 Å². The Balaban J connectivity index is 1.23. The van der Waals surface area contributed by atoms with E-state index in [1.165, 1.54) is 23.7 Å². The van der Waals surface area contributed by atoms with E-state index in [1.807, 2.05) is 54.6 Å². The number of nitrogens with zero attached hydrogens (tertiary/aromatic N) is 2. The molecule has 1 N–H and O–H groups in total. The molecule has 0 aliphatic heterocycles. The summed E-state index contributed by atoms with van der Waals surface area (Å²) in [5.41, 5.74) is 5.77. The Bertz CT molecular complexity index is 1810. The van der Waals surface area contributed by atoms with Crippen molar-refractivity contribution in [3.8, 4) is 5.75 Å². The SMILES string of the molecule is CC(C)c1ccc(N(CC(=O)N/N=C\c2ccc(OCc3cccc4ccccc34)cc2)S(=O)(=O)c2ccccc2)cc1. The zero-order valence-corrected chi connectivity index (χ0v) is 24.9. The van der Waals surface area contributed by atoms with Crippen LogP contribution in [-0.4, -0.2) is 27.1 Å². The van der Waals surface area contributed by atoms with Crippen LogP contribution in [0.15, 0.2) is 131 Å². The summed E-state index contributed by atoms with van der Waals surface area (Å²) in [5.74, 6) is 0.425. The van der Waals surface area contributed by atoms with Crippen LogP contribution < -0.4 is 14.5 Å². The molecular formula is C35H33N3O4S. The van der Waals surface area contributed by atoms with Gasteiger partial charge in [0.25, 0.3) is 15.9 Å². The van der Waals surface area contributed by atoms with Crippen molar-refractivity contribution in [1.29, 1.82) is 0 Å². The Labute approximate surface area is 252 Å². The van der Waals surface area contributed by atoms with Gasteiger partial charge in [-0.3, -0.25) is 9.10 Å². The second-order valence-corrected chi connectivity index (χ2v) is 12.2. The molecule has 0 fully saturated rings. The maximum absolute atomic E-state index is 13.5. The number of fused-ring (bicyclic) bond motifs is 1. The molecule has 0 heterocycles. The minimum atomic E-state index is -4.00. The van der Waals surface area contributed by atoms with Crippen molar-refractivity contribution in [2.75, 3.05) is 10.8 Å². The molecule has 0 saturated carbocycles. The molecule has 0 atom stereocenters. The van der Waals surface area contributed by atoms with E-state index in [1.54, 1.807) is 30.3 Å². The molecule has 5 rings (SSSR count). The summed E-state index contributed by atoms with van der Waals surface area (Å²) in [7, 11) is -4.00. The average molecular weight is 592 g/mol. The standard InChI is InChI=1S/C35H33N3O4S/c1-26(2)28-17-19-31(20-18-28)38(43(40,41)33-12-4-3-5-13-33)24-35(39)37-36-23-27-15-21-32(22-16-27)42-25-30-11-8-10-29-9-6-7-14-34(29)30/h3-23,26H,24-25H2,1-2H3,(H,37,39)/b36-23-. The molecule has 0 radical (unpaired) electrons. The minimum absolute atomic E-state index is 0.0991. The van der Waals surface area contributed by atoms with Gasteiger partial charge in [-0.05, 0) is 81.9 Å². The predicted molar refractivity (Wildman–Crippen MR) is 172 cm³/mol. The fourth-order valence-corrected chi connectivity index (χ4v) is 6.08. The van der Waals surface area contributed by atoms with Crippen molar-refractivity contribution in [2.45, 2.75) is 31.3 Å². The lowest BCUT2D eigenvalue weighted by molar-refractivity contribution is -0.119. The van der Waals surface area contributed by atoms with E-state index in [9.17, 15) is 13.2 Å². The molecule has 0 unspecified atom stereocenters. The molecule has 0 aliphatic rings. The Morgan fingerprint density at radius 1 is 0.837 bits per heavy atom. The van der Waals surface area contributed by atoms with Crippen molar-refractivity contribution >= 4 is 38.6 Å². The van der Waals surface area contributed by atoms with Crippen LogP contribution in [-0.2, 0) is 21.4 Å². The van der Waals surface area contributed by atoms with Gasteiger partial charge >= 0.3 is 0 Å². The Morgan fingerprint density at radius 2 is 1.51 bits per heavy atom. The zero-order valence-electron chi connectivity index (χ0n) is 24.1. The monoisotopic (exact) mass is 591 g/mol. The van der Waals surface area contributed by atoms with Crippen LogP contribution in [0, 0.1) is 0 Å². The summed E-state index contributed by atoms with van der Waals surface area (Å²) in [6.45, 7) is 4.13. The van der Waals surface area contributed by atoms with Crippen LogP contribution in [0.25, 0.3) is 10.8 Å². The molecule has 5 aromatic rings. The van der Waals surface area contributed by atoms with Crippen molar-refractivity contribution < 1.29 is 17.9 Å². The highest BCUT2D eigenvalue weighted by atomic mass is 32.2. The van der Waals surface area contributed by atoms with E-state index in [0.717, 1.165) is 26.4 Å². The lowest BCUT2D eigenvalue weighted by Gasteiger charge is -2.24. The summed E-state index contributed by atoms with van der Waals surface area (Å²) in [5, 5.41) is 6.38. The second kappa shape index (κ2) is 13.4. The van der Waals surface area contributed by atoms with Crippen LogP contribution in [0.1, 0.15) is 36.5 Å². The Kier molecular flexibility index (Phi) is 9.17. The number of hydrazone groups is 1. The number of amides is 1. The number of nitrogens with one attached hydrogen (secondary N) is 1. The fraction of sp³-hybridized carbons (Fsp3) is 0.143. The third kappa shape index (κ3) is 7.28. The highest BCUT2D eigenvalue weighted by molar-refractivity contribution is 7.92. The first kappa shape index (κ1) is 29.5. The van der Waals surface area contributed by atoms with Gasteiger partial charge in [0.2, 0.25) is 0 Å². The molecule has 0 spiro atoms. The van der Waals surface area contributed by atoms with Crippen molar-refractivity contribution in [2.24, 2.45) is 5.10 Å². The van der Waals surface area contributed by atoms with Gasteiger partial charge in [0.15, 0.2) is 0 Å². The Morgan fingerprint density at radius 3 is 2.23 bits per heavy atom. The van der Waals surface area contributed by atoms with E-state index in [4.69, 9.17) is 4.74 Å². The highest BCUT2D eigenvalue weighted by Crippen LogP contribution is 2.26. The summed E-state index contributed by atoms with van der Waals surface area (Å²) in [6.07, 6.45) is 1.50. The zero-order chi connectivity index (χ0) is 30.2. The van der Waals surface area contributed by atoms with Gasteiger partial charge < -0.3 is 4.74 Å². The summed E-state index contributed by atoms with van der Waals surface area (Å²) in [6, 6.07) is 36.9. The maximum atomic E-state index is 13.5. The number of benzene rings is 5. The largest absolute Gasteiger partial charge is 0.489 e. The van der Waals surface area contributed by atoms with E-state index in [-0.39, 0.29) is 10.8 Å². The topological polar surface area (TPSA) is 88.1 Å². The van der Waals surface area contributed by atoms with E-state index >= 15 is 0 Å². The normalized spacial score (nSPS) is 11.6. The van der Waals surface area contributed by atoms with E-state index in [0.29, 0.717) is 18.0 Å². The Hall–Kier alpha value is -4.95. The van der Waals surface area contributed by atoms with Gasteiger partial charge in [0.1, 0.15) is 18.9 Å². The van der Waals surface area contributed by atoms with E-state index < -0.39 is 22.5 Å². The van der Waals surface area contributed by atoms with Crippen molar-refractivity contribution in [3.63, 3.8) is 0 Å². The number of rotatable bonds is 11. The lowest BCUT2D eigenvalue weighted by atomic mass is 10.0. The smallest absolute Gasteiger partial charge is 0.264 e. The first-order chi connectivity index (χ1) is 20.8. The molecule has 1 amide bonds. The maximum Gasteiger partial charge on any atom is 0.264 e.